The Balaban J connectivity index is 1.59. The number of ether oxygens (including phenoxy) is 2. The predicted octanol–water partition coefficient (Wildman–Crippen LogP) is 3.85. The zero-order chi connectivity index (χ0) is 16.4. The third-order valence-electron chi connectivity index (χ3n) is 3.84. The molecule has 1 saturated heterocycles. The van der Waals surface area contributed by atoms with Gasteiger partial charge >= 0.3 is 5.63 Å². The van der Waals surface area contributed by atoms with Crippen molar-refractivity contribution >= 4 is 11.0 Å². The fourth-order valence-electron chi connectivity index (χ4n) is 2.27. The second-order valence-electron chi connectivity index (χ2n) is 6.21. The standard InChI is InChI=1S/C19H20O4/c1-13(4-8-17-19(2,3)23-17)10-11-21-15-7-5-14-6-9-18(20)22-16(14)12-15/h4-10,12,17H,11H2,1-3H3/t17-/m1/s1. The molecule has 0 radical (unpaired) electrons. The van der Waals surface area contributed by atoms with Gasteiger partial charge < -0.3 is 13.9 Å². The van der Waals surface area contributed by atoms with Crippen molar-refractivity contribution in [1.29, 1.82) is 0 Å². The van der Waals surface area contributed by atoms with E-state index in [1.165, 1.54) is 6.07 Å². The summed E-state index contributed by atoms with van der Waals surface area (Å²) in [4.78, 5) is 11.2. The highest BCUT2D eigenvalue weighted by atomic mass is 16.6. The highest BCUT2D eigenvalue weighted by Gasteiger charge is 2.45. The zero-order valence-electron chi connectivity index (χ0n) is 13.5. The highest BCUT2D eigenvalue weighted by Crippen LogP contribution is 2.36. The van der Waals surface area contributed by atoms with Crippen LogP contribution in [0, 0.1) is 0 Å². The topological polar surface area (TPSA) is 52.0 Å². The van der Waals surface area contributed by atoms with Crippen LogP contribution >= 0.6 is 0 Å². The molecule has 2 heterocycles. The Morgan fingerprint density at radius 1 is 1.30 bits per heavy atom. The van der Waals surface area contributed by atoms with Gasteiger partial charge in [-0.3, -0.25) is 0 Å². The Kier molecular flexibility index (Phi) is 4.09. The molecule has 1 aliphatic heterocycles. The average Bonchev–Trinajstić information content (AvgIpc) is 3.12. The molecule has 1 fully saturated rings. The number of allylic oxidation sites excluding steroid dienone is 2. The van der Waals surface area contributed by atoms with Crippen LogP contribution in [0.3, 0.4) is 0 Å². The van der Waals surface area contributed by atoms with E-state index in [-0.39, 0.29) is 17.3 Å². The van der Waals surface area contributed by atoms with E-state index in [0.717, 1.165) is 11.0 Å². The number of epoxide rings is 1. The summed E-state index contributed by atoms with van der Waals surface area (Å²) in [6.45, 7) is 6.62. The van der Waals surface area contributed by atoms with Crippen LogP contribution in [0.15, 0.2) is 63.3 Å². The highest BCUT2D eigenvalue weighted by molar-refractivity contribution is 5.77. The first-order valence-electron chi connectivity index (χ1n) is 7.63. The van der Waals surface area contributed by atoms with E-state index in [1.807, 2.05) is 31.2 Å². The van der Waals surface area contributed by atoms with Crippen LogP contribution in [0.25, 0.3) is 11.0 Å². The quantitative estimate of drug-likeness (QED) is 0.478. The molecule has 0 unspecified atom stereocenters. The number of fused-ring (bicyclic) bond motifs is 1. The summed E-state index contributed by atoms with van der Waals surface area (Å²) in [7, 11) is 0. The molecule has 1 aromatic carbocycles. The van der Waals surface area contributed by atoms with E-state index in [2.05, 4.69) is 19.9 Å². The Labute approximate surface area is 135 Å². The summed E-state index contributed by atoms with van der Waals surface area (Å²) in [6, 6.07) is 8.61. The van der Waals surface area contributed by atoms with E-state index in [0.29, 0.717) is 17.9 Å². The van der Waals surface area contributed by atoms with Crippen LogP contribution in [0.5, 0.6) is 5.75 Å². The molecule has 4 nitrogen and oxygen atoms in total. The van der Waals surface area contributed by atoms with Gasteiger partial charge in [0.05, 0.1) is 5.60 Å². The fraction of sp³-hybridized carbons (Fsp3) is 0.316. The van der Waals surface area contributed by atoms with Gasteiger partial charge in [-0.1, -0.05) is 17.7 Å². The normalized spacial score (nSPS) is 20.1. The minimum atomic E-state index is -0.360. The molecule has 0 N–H and O–H groups in total. The maximum atomic E-state index is 11.2. The average molecular weight is 312 g/mol. The third-order valence-corrected chi connectivity index (χ3v) is 3.84. The lowest BCUT2D eigenvalue weighted by Crippen LogP contribution is -1.99. The summed E-state index contributed by atoms with van der Waals surface area (Å²) in [5, 5.41) is 0.874. The maximum absolute atomic E-state index is 11.2. The minimum Gasteiger partial charge on any atom is -0.489 e. The van der Waals surface area contributed by atoms with Gasteiger partial charge in [-0.2, -0.15) is 0 Å². The second kappa shape index (κ2) is 6.05. The molecule has 23 heavy (non-hydrogen) atoms. The van der Waals surface area contributed by atoms with E-state index < -0.39 is 0 Å². The molecule has 120 valence electrons. The fourth-order valence-corrected chi connectivity index (χ4v) is 2.27. The van der Waals surface area contributed by atoms with Crippen molar-refractivity contribution in [1.82, 2.24) is 0 Å². The van der Waals surface area contributed by atoms with Gasteiger partial charge in [-0.15, -0.1) is 0 Å². The minimum absolute atomic E-state index is 0.0255. The van der Waals surface area contributed by atoms with Crippen molar-refractivity contribution in [2.24, 2.45) is 0 Å². The maximum Gasteiger partial charge on any atom is 0.336 e. The molecule has 0 bridgehead atoms. The first kappa shape index (κ1) is 15.6. The number of rotatable bonds is 5. The second-order valence-corrected chi connectivity index (χ2v) is 6.21. The first-order chi connectivity index (χ1) is 10.9. The lowest BCUT2D eigenvalue weighted by molar-refractivity contribution is 0.333. The zero-order valence-corrected chi connectivity index (χ0v) is 13.5. The van der Waals surface area contributed by atoms with Gasteiger partial charge in [0.25, 0.3) is 0 Å². The molecule has 0 aliphatic carbocycles. The predicted molar refractivity (Wildman–Crippen MR) is 89.8 cm³/mol. The SMILES string of the molecule is CC(C=C[C@H]1OC1(C)C)=CCOc1ccc2ccc(=O)oc2c1. The Morgan fingerprint density at radius 2 is 2.04 bits per heavy atom. The van der Waals surface area contributed by atoms with Crippen LogP contribution in [0.1, 0.15) is 20.8 Å². The molecule has 1 aliphatic rings. The van der Waals surface area contributed by atoms with Crippen LogP contribution in [0.4, 0.5) is 0 Å². The van der Waals surface area contributed by atoms with Gasteiger partial charge in [-0.25, -0.2) is 4.79 Å². The van der Waals surface area contributed by atoms with Gasteiger partial charge in [0.1, 0.15) is 24.0 Å². The lowest BCUT2D eigenvalue weighted by Gasteiger charge is -2.04. The van der Waals surface area contributed by atoms with E-state index in [4.69, 9.17) is 13.9 Å². The van der Waals surface area contributed by atoms with Crippen molar-refractivity contribution in [2.75, 3.05) is 6.61 Å². The van der Waals surface area contributed by atoms with Crippen molar-refractivity contribution in [3.63, 3.8) is 0 Å². The van der Waals surface area contributed by atoms with Crippen molar-refractivity contribution < 1.29 is 13.9 Å². The summed E-state index contributed by atoms with van der Waals surface area (Å²) < 4.78 is 16.3. The van der Waals surface area contributed by atoms with E-state index in [1.54, 1.807) is 12.1 Å². The van der Waals surface area contributed by atoms with Gasteiger partial charge in [0, 0.05) is 17.5 Å². The van der Waals surface area contributed by atoms with Crippen LogP contribution in [-0.2, 0) is 4.74 Å². The van der Waals surface area contributed by atoms with Gasteiger partial charge in [-0.05, 0) is 45.0 Å². The Morgan fingerprint density at radius 3 is 2.78 bits per heavy atom. The van der Waals surface area contributed by atoms with E-state index in [9.17, 15) is 4.79 Å². The number of hydrogen-bond acceptors (Lipinski definition) is 4. The van der Waals surface area contributed by atoms with Gasteiger partial charge in [0.2, 0.25) is 0 Å². The number of benzene rings is 1. The first-order valence-corrected chi connectivity index (χ1v) is 7.63. The Bertz CT molecular complexity index is 827. The summed E-state index contributed by atoms with van der Waals surface area (Å²) >= 11 is 0. The summed E-state index contributed by atoms with van der Waals surface area (Å²) in [5.41, 5.74) is 1.26. The van der Waals surface area contributed by atoms with Crippen LogP contribution < -0.4 is 10.4 Å². The van der Waals surface area contributed by atoms with Gasteiger partial charge in [0.15, 0.2) is 0 Å². The molecule has 4 heteroatoms. The molecule has 1 atom stereocenters. The molecule has 3 rings (SSSR count). The van der Waals surface area contributed by atoms with E-state index >= 15 is 0 Å². The smallest absolute Gasteiger partial charge is 0.336 e. The van der Waals surface area contributed by atoms with Crippen molar-refractivity contribution in [3.05, 3.63) is 64.6 Å². The van der Waals surface area contributed by atoms with Crippen molar-refractivity contribution in [3.8, 4) is 5.75 Å². The van der Waals surface area contributed by atoms with Crippen LogP contribution in [-0.4, -0.2) is 18.3 Å². The molecule has 0 amide bonds. The van der Waals surface area contributed by atoms with Crippen LogP contribution in [0.2, 0.25) is 0 Å². The monoisotopic (exact) mass is 312 g/mol. The molecular weight excluding hydrogens is 292 g/mol. The molecule has 0 saturated carbocycles. The number of hydrogen-bond donors (Lipinski definition) is 0. The largest absolute Gasteiger partial charge is 0.489 e. The molecule has 2 aromatic rings. The lowest BCUT2D eigenvalue weighted by atomic mass is 10.1. The summed E-state index contributed by atoms with van der Waals surface area (Å²) in [6.07, 6.45) is 6.31. The summed E-state index contributed by atoms with van der Waals surface area (Å²) in [5.74, 6) is 0.673. The molecular formula is C19H20O4. The van der Waals surface area contributed by atoms with Crippen molar-refractivity contribution in [2.45, 2.75) is 32.5 Å². The Hall–Kier alpha value is -2.33. The molecule has 1 aromatic heterocycles. The molecule has 0 spiro atoms. The third kappa shape index (κ3) is 3.90.